The third kappa shape index (κ3) is 2.38. The quantitative estimate of drug-likeness (QED) is 0.881. The maximum absolute atomic E-state index is 14.2. The van der Waals surface area contributed by atoms with Crippen LogP contribution in [0.4, 0.5) is 10.1 Å². The molecule has 0 bridgehead atoms. The van der Waals surface area contributed by atoms with Crippen molar-refractivity contribution in [1.29, 1.82) is 0 Å². The van der Waals surface area contributed by atoms with E-state index in [1.807, 2.05) is 4.90 Å². The SMILES string of the molecule is NC1CCN(c2cc3scc(C(=O)O)c(=O)c3cc2F)C1. The van der Waals surface area contributed by atoms with Crippen molar-refractivity contribution in [3.8, 4) is 0 Å². The van der Waals surface area contributed by atoms with Crippen molar-refractivity contribution < 1.29 is 14.3 Å². The van der Waals surface area contributed by atoms with Gasteiger partial charge in [-0.05, 0) is 18.6 Å². The molecular weight excluding hydrogens is 295 g/mol. The first-order chi connectivity index (χ1) is 9.97. The molecular formula is C14H13FN2O3S. The van der Waals surface area contributed by atoms with Crippen LogP contribution in [0, 0.1) is 5.82 Å². The number of hydrogen-bond acceptors (Lipinski definition) is 5. The van der Waals surface area contributed by atoms with Crippen LogP contribution < -0.4 is 16.1 Å². The third-order valence-electron chi connectivity index (χ3n) is 3.64. The number of fused-ring (bicyclic) bond motifs is 1. The monoisotopic (exact) mass is 308 g/mol. The average Bonchev–Trinajstić information content (AvgIpc) is 2.85. The van der Waals surface area contributed by atoms with Gasteiger partial charge in [0, 0.05) is 34.6 Å². The molecule has 1 unspecified atom stereocenters. The first-order valence-electron chi connectivity index (χ1n) is 6.46. The Bertz CT molecular complexity index is 790. The van der Waals surface area contributed by atoms with Gasteiger partial charge in [-0.2, -0.15) is 0 Å². The summed E-state index contributed by atoms with van der Waals surface area (Å²) in [7, 11) is 0. The van der Waals surface area contributed by atoms with Crippen LogP contribution in [0.5, 0.6) is 0 Å². The smallest absolute Gasteiger partial charge is 0.340 e. The Balaban J connectivity index is 2.15. The highest BCUT2D eigenvalue weighted by atomic mass is 32.1. The highest BCUT2D eigenvalue weighted by Crippen LogP contribution is 2.29. The van der Waals surface area contributed by atoms with E-state index in [0.717, 1.165) is 23.8 Å². The van der Waals surface area contributed by atoms with Gasteiger partial charge < -0.3 is 15.7 Å². The van der Waals surface area contributed by atoms with Gasteiger partial charge in [0.2, 0.25) is 5.43 Å². The second-order valence-electron chi connectivity index (χ2n) is 5.08. The first-order valence-corrected chi connectivity index (χ1v) is 7.34. The first kappa shape index (κ1) is 14.0. The minimum absolute atomic E-state index is 0.0215. The van der Waals surface area contributed by atoms with Gasteiger partial charge in [-0.1, -0.05) is 0 Å². The topological polar surface area (TPSA) is 83.6 Å². The number of benzene rings is 1. The molecule has 0 saturated carbocycles. The summed E-state index contributed by atoms with van der Waals surface area (Å²) in [6.07, 6.45) is 0.797. The van der Waals surface area contributed by atoms with E-state index in [9.17, 15) is 14.0 Å². The van der Waals surface area contributed by atoms with Crippen molar-refractivity contribution in [3.63, 3.8) is 0 Å². The lowest BCUT2D eigenvalue weighted by Gasteiger charge is -2.19. The predicted molar refractivity (Wildman–Crippen MR) is 79.8 cm³/mol. The van der Waals surface area contributed by atoms with Gasteiger partial charge in [0.1, 0.15) is 11.4 Å². The van der Waals surface area contributed by atoms with Crippen LogP contribution in [0.25, 0.3) is 10.1 Å². The fourth-order valence-electron chi connectivity index (χ4n) is 2.53. The zero-order valence-corrected chi connectivity index (χ0v) is 11.8. The van der Waals surface area contributed by atoms with E-state index in [2.05, 4.69) is 0 Å². The highest BCUT2D eigenvalue weighted by molar-refractivity contribution is 7.16. The normalized spacial score (nSPS) is 18.4. The molecule has 3 rings (SSSR count). The number of carboxylic acid groups (broad SMARTS) is 1. The van der Waals surface area contributed by atoms with Crippen molar-refractivity contribution in [3.05, 3.63) is 39.1 Å². The lowest BCUT2D eigenvalue weighted by molar-refractivity contribution is 0.0696. The number of anilines is 1. The van der Waals surface area contributed by atoms with E-state index >= 15 is 0 Å². The van der Waals surface area contributed by atoms with E-state index in [1.54, 1.807) is 6.07 Å². The van der Waals surface area contributed by atoms with E-state index in [-0.39, 0.29) is 17.0 Å². The zero-order chi connectivity index (χ0) is 15.1. The molecule has 1 aliphatic rings. The van der Waals surface area contributed by atoms with Crippen molar-refractivity contribution in [1.82, 2.24) is 0 Å². The Labute approximate surface area is 123 Å². The molecule has 0 radical (unpaired) electrons. The Morgan fingerprint density at radius 3 is 2.86 bits per heavy atom. The maximum Gasteiger partial charge on any atom is 0.340 e. The largest absolute Gasteiger partial charge is 0.478 e. The second-order valence-corrected chi connectivity index (χ2v) is 5.99. The van der Waals surface area contributed by atoms with E-state index in [0.29, 0.717) is 23.5 Å². The van der Waals surface area contributed by atoms with Gasteiger partial charge >= 0.3 is 5.97 Å². The number of nitrogens with two attached hydrogens (primary N) is 1. The predicted octanol–water partition coefficient (Wildman–Crippen LogP) is 1.64. The Morgan fingerprint density at radius 2 is 2.24 bits per heavy atom. The number of nitrogens with zero attached hydrogens (tertiary/aromatic N) is 1. The fraction of sp³-hybridized carbons (Fsp3) is 0.286. The number of carbonyl (C=O) groups is 1. The molecule has 1 aliphatic heterocycles. The van der Waals surface area contributed by atoms with Crippen molar-refractivity contribution >= 4 is 33.1 Å². The molecule has 1 saturated heterocycles. The van der Waals surface area contributed by atoms with Crippen LogP contribution in [-0.2, 0) is 0 Å². The number of hydrogen-bond donors (Lipinski definition) is 2. The van der Waals surface area contributed by atoms with Crippen molar-refractivity contribution in [2.45, 2.75) is 12.5 Å². The van der Waals surface area contributed by atoms with Gasteiger partial charge in [-0.25, -0.2) is 9.18 Å². The molecule has 0 amide bonds. The summed E-state index contributed by atoms with van der Waals surface area (Å²) in [5, 5.41) is 10.3. The number of rotatable bonds is 2. The van der Waals surface area contributed by atoms with Crippen LogP contribution >= 0.6 is 11.3 Å². The van der Waals surface area contributed by atoms with Gasteiger partial charge in [0.25, 0.3) is 0 Å². The molecule has 1 aromatic heterocycles. The molecule has 2 heterocycles. The van der Waals surface area contributed by atoms with Crippen LogP contribution in [-0.4, -0.2) is 30.2 Å². The molecule has 5 nitrogen and oxygen atoms in total. The lowest BCUT2D eigenvalue weighted by atomic mass is 10.1. The Hall–Kier alpha value is -1.99. The summed E-state index contributed by atoms with van der Waals surface area (Å²) in [6, 6.07) is 2.74. The minimum Gasteiger partial charge on any atom is -0.478 e. The minimum atomic E-state index is -1.30. The summed E-state index contributed by atoms with van der Waals surface area (Å²) in [4.78, 5) is 24.8. The molecule has 1 fully saturated rings. The van der Waals surface area contributed by atoms with E-state index in [4.69, 9.17) is 10.8 Å². The summed E-state index contributed by atoms with van der Waals surface area (Å²) in [6.45, 7) is 1.25. The van der Waals surface area contributed by atoms with E-state index in [1.165, 1.54) is 5.38 Å². The van der Waals surface area contributed by atoms with Gasteiger partial charge in [0.05, 0.1) is 5.69 Å². The summed E-state index contributed by atoms with van der Waals surface area (Å²) in [5.74, 6) is -1.82. The summed E-state index contributed by atoms with van der Waals surface area (Å²) < 4.78 is 14.8. The summed E-state index contributed by atoms with van der Waals surface area (Å²) in [5.41, 5.74) is 5.25. The Morgan fingerprint density at radius 1 is 1.48 bits per heavy atom. The molecule has 0 spiro atoms. The molecule has 1 aromatic carbocycles. The van der Waals surface area contributed by atoms with Crippen LogP contribution in [0.2, 0.25) is 0 Å². The summed E-state index contributed by atoms with van der Waals surface area (Å²) >= 11 is 1.12. The molecule has 21 heavy (non-hydrogen) atoms. The number of halogens is 1. The van der Waals surface area contributed by atoms with Crippen molar-refractivity contribution in [2.75, 3.05) is 18.0 Å². The standard InChI is InChI=1S/C14H13FN2O3S/c15-10-3-8-12(21-6-9(13(8)18)14(19)20)4-11(10)17-2-1-7(16)5-17/h3-4,6-7H,1-2,5,16H2,(H,19,20). The maximum atomic E-state index is 14.2. The van der Waals surface area contributed by atoms with Crippen LogP contribution in [0.3, 0.4) is 0 Å². The molecule has 3 N–H and O–H groups in total. The van der Waals surface area contributed by atoms with Gasteiger partial charge in [0.15, 0.2) is 0 Å². The van der Waals surface area contributed by atoms with Gasteiger partial charge in [-0.15, -0.1) is 11.3 Å². The molecule has 2 aromatic rings. The molecule has 0 aliphatic carbocycles. The average molecular weight is 308 g/mol. The highest BCUT2D eigenvalue weighted by Gasteiger charge is 2.23. The number of aromatic carboxylic acids is 1. The second kappa shape index (κ2) is 5.09. The zero-order valence-electron chi connectivity index (χ0n) is 11.0. The lowest BCUT2D eigenvalue weighted by Crippen LogP contribution is -2.27. The molecule has 1 atom stereocenters. The molecule has 110 valence electrons. The third-order valence-corrected chi connectivity index (χ3v) is 4.58. The van der Waals surface area contributed by atoms with Crippen molar-refractivity contribution in [2.24, 2.45) is 5.73 Å². The van der Waals surface area contributed by atoms with Crippen LogP contribution in [0.1, 0.15) is 16.8 Å². The Kier molecular flexibility index (Phi) is 3.38. The van der Waals surface area contributed by atoms with Gasteiger partial charge in [-0.3, -0.25) is 4.79 Å². The van der Waals surface area contributed by atoms with E-state index < -0.39 is 17.2 Å². The molecule has 7 heteroatoms. The number of carboxylic acids is 1. The van der Waals surface area contributed by atoms with Crippen LogP contribution in [0.15, 0.2) is 22.3 Å². The fourth-order valence-corrected chi connectivity index (χ4v) is 3.45.